The number of carbonyl (C=O) groups excluding carboxylic acids is 1. The minimum Gasteiger partial charge on any atom is -0.356 e. The molecular weight excluding hydrogens is 250 g/mol. The second kappa shape index (κ2) is 6.18. The molecule has 2 nitrogen and oxygen atoms in total. The normalized spacial score (nSPS) is 10.9. The molecule has 1 aromatic carbocycles. The zero-order chi connectivity index (χ0) is 13.7. The molecule has 1 aromatic rings. The fourth-order valence-electron chi connectivity index (χ4n) is 1.27. The van der Waals surface area contributed by atoms with E-state index in [1.807, 2.05) is 0 Å². The number of nitrogens with one attached hydrogen (secondary N) is 1. The van der Waals surface area contributed by atoms with E-state index in [4.69, 9.17) is 0 Å². The Morgan fingerprint density at radius 1 is 1.22 bits per heavy atom. The van der Waals surface area contributed by atoms with Crippen molar-refractivity contribution in [2.45, 2.75) is 13.3 Å². The van der Waals surface area contributed by atoms with Crippen molar-refractivity contribution in [1.29, 1.82) is 0 Å². The van der Waals surface area contributed by atoms with E-state index in [0.29, 0.717) is 0 Å². The van der Waals surface area contributed by atoms with E-state index >= 15 is 0 Å². The van der Waals surface area contributed by atoms with Gasteiger partial charge < -0.3 is 5.32 Å². The van der Waals surface area contributed by atoms with Gasteiger partial charge in [0.2, 0.25) is 5.91 Å². The van der Waals surface area contributed by atoms with Crippen LogP contribution in [0.5, 0.6) is 0 Å². The molecule has 1 amide bonds. The van der Waals surface area contributed by atoms with Crippen LogP contribution in [-0.4, -0.2) is 12.5 Å². The maximum atomic E-state index is 13.2. The highest BCUT2D eigenvalue weighted by Gasteiger charge is 2.16. The monoisotopic (exact) mass is 261 g/mol. The van der Waals surface area contributed by atoms with Crippen LogP contribution in [0, 0.1) is 23.3 Å². The first-order valence-electron chi connectivity index (χ1n) is 5.17. The number of carbonyl (C=O) groups is 1. The van der Waals surface area contributed by atoms with Gasteiger partial charge in [-0.2, -0.15) is 0 Å². The summed E-state index contributed by atoms with van der Waals surface area (Å²) >= 11 is 0. The van der Waals surface area contributed by atoms with Gasteiger partial charge in [-0.1, -0.05) is 12.2 Å². The lowest BCUT2D eigenvalue weighted by Crippen LogP contribution is -2.20. The molecule has 0 radical (unpaired) electrons. The molecule has 0 aliphatic heterocycles. The van der Waals surface area contributed by atoms with E-state index in [-0.39, 0.29) is 24.9 Å². The summed E-state index contributed by atoms with van der Waals surface area (Å²) in [6.07, 6.45) is 2.55. The molecule has 0 unspecified atom stereocenters. The Balaban J connectivity index is 2.78. The molecular formula is C12H11F4NO. The molecule has 0 aliphatic carbocycles. The SMILES string of the molecule is CC(=O)NCCC=Cc1c(F)c(F)cc(F)c1F. The van der Waals surface area contributed by atoms with E-state index in [9.17, 15) is 22.4 Å². The summed E-state index contributed by atoms with van der Waals surface area (Å²) in [6.45, 7) is 1.60. The van der Waals surface area contributed by atoms with Gasteiger partial charge in [0.1, 0.15) is 0 Å². The van der Waals surface area contributed by atoms with Gasteiger partial charge in [-0.05, 0) is 6.42 Å². The summed E-state index contributed by atoms with van der Waals surface area (Å²) in [6, 6.07) is 0.152. The van der Waals surface area contributed by atoms with Gasteiger partial charge in [0.25, 0.3) is 0 Å². The second-order valence-electron chi connectivity index (χ2n) is 3.56. The van der Waals surface area contributed by atoms with Gasteiger partial charge in [0, 0.05) is 19.5 Å². The van der Waals surface area contributed by atoms with Gasteiger partial charge in [-0.25, -0.2) is 17.6 Å². The number of amides is 1. The van der Waals surface area contributed by atoms with Crippen LogP contribution in [0.15, 0.2) is 12.1 Å². The summed E-state index contributed by atoms with van der Waals surface area (Å²) in [5.41, 5.74) is -0.768. The van der Waals surface area contributed by atoms with Crippen molar-refractivity contribution in [3.63, 3.8) is 0 Å². The molecule has 6 heteroatoms. The minimum absolute atomic E-state index is 0.152. The van der Waals surface area contributed by atoms with Crippen LogP contribution < -0.4 is 5.32 Å². The van der Waals surface area contributed by atoms with Crippen molar-refractivity contribution in [1.82, 2.24) is 5.32 Å². The molecule has 1 rings (SSSR count). The third-order valence-electron chi connectivity index (χ3n) is 2.12. The second-order valence-corrected chi connectivity index (χ2v) is 3.56. The van der Waals surface area contributed by atoms with Crippen LogP contribution in [0.1, 0.15) is 18.9 Å². The number of rotatable bonds is 4. The summed E-state index contributed by atoms with van der Waals surface area (Å²) in [4.78, 5) is 10.5. The highest BCUT2D eigenvalue weighted by Crippen LogP contribution is 2.20. The van der Waals surface area contributed by atoms with Gasteiger partial charge >= 0.3 is 0 Å². The van der Waals surface area contributed by atoms with Crippen molar-refractivity contribution < 1.29 is 22.4 Å². The Hall–Kier alpha value is -1.85. The van der Waals surface area contributed by atoms with Gasteiger partial charge in [0.05, 0.1) is 5.56 Å². The minimum atomic E-state index is -1.45. The molecule has 1 N–H and O–H groups in total. The van der Waals surface area contributed by atoms with Gasteiger partial charge in [-0.15, -0.1) is 0 Å². The van der Waals surface area contributed by atoms with Crippen LogP contribution in [0.4, 0.5) is 17.6 Å². The number of halogens is 4. The smallest absolute Gasteiger partial charge is 0.216 e. The quantitative estimate of drug-likeness (QED) is 0.504. The third kappa shape index (κ3) is 3.58. The molecule has 0 spiro atoms. The van der Waals surface area contributed by atoms with Crippen LogP contribution >= 0.6 is 0 Å². The Morgan fingerprint density at radius 2 is 1.78 bits per heavy atom. The molecule has 0 saturated heterocycles. The predicted molar refractivity (Wildman–Crippen MR) is 58.6 cm³/mol. The predicted octanol–water partition coefficient (Wildman–Crippen LogP) is 2.78. The molecule has 0 bridgehead atoms. The van der Waals surface area contributed by atoms with E-state index in [1.165, 1.54) is 13.0 Å². The molecule has 0 saturated carbocycles. The average molecular weight is 261 g/mol. The average Bonchev–Trinajstić information content (AvgIpc) is 2.30. The lowest BCUT2D eigenvalue weighted by molar-refractivity contribution is -0.118. The lowest BCUT2D eigenvalue weighted by atomic mass is 10.1. The first kappa shape index (κ1) is 14.2. The topological polar surface area (TPSA) is 29.1 Å². The summed E-state index contributed by atoms with van der Waals surface area (Å²) in [5, 5.41) is 2.46. The third-order valence-corrected chi connectivity index (χ3v) is 2.12. The van der Waals surface area contributed by atoms with Gasteiger partial charge in [0.15, 0.2) is 23.3 Å². The fourth-order valence-corrected chi connectivity index (χ4v) is 1.27. The molecule has 98 valence electrons. The lowest BCUT2D eigenvalue weighted by Gasteiger charge is -2.02. The van der Waals surface area contributed by atoms with Crippen molar-refractivity contribution in [2.75, 3.05) is 6.54 Å². The largest absolute Gasteiger partial charge is 0.356 e. The Kier molecular flexibility index (Phi) is 4.88. The molecule has 0 heterocycles. The number of hydrogen-bond donors (Lipinski definition) is 1. The van der Waals surface area contributed by atoms with E-state index < -0.39 is 28.8 Å². The molecule has 0 atom stereocenters. The summed E-state index contributed by atoms with van der Waals surface area (Å²) in [5.74, 6) is -6.02. The van der Waals surface area contributed by atoms with Crippen molar-refractivity contribution in [3.8, 4) is 0 Å². The van der Waals surface area contributed by atoms with Gasteiger partial charge in [-0.3, -0.25) is 4.79 Å². The zero-order valence-corrected chi connectivity index (χ0v) is 9.57. The molecule has 0 aliphatic rings. The first-order chi connectivity index (χ1) is 8.43. The van der Waals surface area contributed by atoms with Crippen molar-refractivity contribution in [3.05, 3.63) is 41.0 Å². The molecule has 0 aromatic heterocycles. The van der Waals surface area contributed by atoms with Crippen molar-refractivity contribution >= 4 is 12.0 Å². The van der Waals surface area contributed by atoms with E-state index in [0.717, 1.165) is 6.08 Å². The maximum Gasteiger partial charge on any atom is 0.216 e. The Labute approximate surface area is 101 Å². The van der Waals surface area contributed by atoms with Crippen LogP contribution in [0.3, 0.4) is 0 Å². The summed E-state index contributed by atoms with van der Waals surface area (Å²) in [7, 11) is 0. The Bertz CT molecular complexity index is 459. The van der Waals surface area contributed by atoms with Crippen LogP contribution in [-0.2, 0) is 4.79 Å². The zero-order valence-electron chi connectivity index (χ0n) is 9.57. The standard InChI is InChI=1S/C12H11F4NO/c1-7(18)17-5-3-2-4-8-11(15)9(13)6-10(14)12(8)16/h2,4,6H,3,5H2,1H3,(H,17,18). The number of benzene rings is 1. The maximum absolute atomic E-state index is 13.2. The van der Waals surface area contributed by atoms with Crippen LogP contribution in [0.25, 0.3) is 6.08 Å². The van der Waals surface area contributed by atoms with E-state index in [1.54, 1.807) is 0 Å². The Morgan fingerprint density at radius 3 is 2.28 bits per heavy atom. The van der Waals surface area contributed by atoms with Crippen LogP contribution in [0.2, 0.25) is 0 Å². The highest BCUT2D eigenvalue weighted by atomic mass is 19.2. The fraction of sp³-hybridized carbons (Fsp3) is 0.250. The molecule has 0 fully saturated rings. The molecule has 18 heavy (non-hydrogen) atoms. The highest BCUT2D eigenvalue weighted by molar-refractivity contribution is 5.72. The van der Waals surface area contributed by atoms with Crippen molar-refractivity contribution in [2.24, 2.45) is 0 Å². The number of hydrogen-bond acceptors (Lipinski definition) is 1. The van der Waals surface area contributed by atoms with E-state index in [2.05, 4.69) is 5.32 Å². The summed E-state index contributed by atoms with van der Waals surface area (Å²) < 4.78 is 52.0. The first-order valence-corrected chi connectivity index (χ1v) is 5.17.